The maximum Gasteiger partial charge on any atom is 0.129 e. The lowest BCUT2D eigenvalue weighted by molar-refractivity contribution is 0.00268. The monoisotopic (exact) mass is 375 g/mol. The number of hydrogen-bond acceptors (Lipinski definition) is 5. The molecule has 1 aromatic carbocycles. The van der Waals surface area contributed by atoms with Crippen molar-refractivity contribution in [2.24, 2.45) is 0 Å². The van der Waals surface area contributed by atoms with E-state index in [9.17, 15) is 9.50 Å². The Morgan fingerprint density at radius 2 is 1.96 bits per heavy atom. The highest BCUT2D eigenvalue weighted by Gasteiger charge is 2.14. The van der Waals surface area contributed by atoms with Gasteiger partial charge in [-0.2, -0.15) is 0 Å². The Bertz CT molecular complexity index is 744. The molecule has 6 heteroatoms. The van der Waals surface area contributed by atoms with Crippen LogP contribution in [0.2, 0.25) is 0 Å². The molecule has 2 heterocycles. The second kappa shape index (κ2) is 9.64. The molecule has 2 aromatic heterocycles. The summed E-state index contributed by atoms with van der Waals surface area (Å²) < 4.78 is 23.9. The summed E-state index contributed by atoms with van der Waals surface area (Å²) >= 11 is 1.68. The molecule has 0 radical (unpaired) electrons. The Morgan fingerprint density at radius 3 is 2.65 bits per heavy atom. The van der Waals surface area contributed by atoms with Gasteiger partial charge in [0.1, 0.15) is 18.2 Å². The van der Waals surface area contributed by atoms with Crippen molar-refractivity contribution in [3.05, 3.63) is 82.2 Å². The van der Waals surface area contributed by atoms with Crippen LogP contribution in [0.25, 0.3) is 0 Å². The highest BCUT2D eigenvalue weighted by Crippen LogP contribution is 2.15. The van der Waals surface area contributed by atoms with Gasteiger partial charge in [-0.15, -0.1) is 11.3 Å². The van der Waals surface area contributed by atoms with Crippen LogP contribution in [-0.4, -0.2) is 29.3 Å². The number of furan rings is 1. The summed E-state index contributed by atoms with van der Waals surface area (Å²) in [6.07, 6.45) is 0.978. The van der Waals surface area contributed by atoms with Crippen LogP contribution in [0.5, 0.6) is 0 Å². The molecule has 3 aromatic rings. The van der Waals surface area contributed by atoms with Crippen molar-refractivity contribution in [1.29, 1.82) is 0 Å². The molecule has 4 nitrogen and oxygen atoms in total. The zero-order valence-corrected chi connectivity index (χ0v) is 15.2. The average Bonchev–Trinajstić information content (AvgIpc) is 3.31. The van der Waals surface area contributed by atoms with Crippen LogP contribution in [0.4, 0.5) is 4.39 Å². The van der Waals surface area contributed by atoms with Crippen molar-refractivity contribution in [2.75, 3.05) is 13.2 Å². The number of hydrogen-bond donors (Lipinski definition) is 1. The smallest absolute Gasteiger partial charge is 0.129 e. The van der Waals surface area contributed by atoms with Gasteiger partial charge in [0.15, 0.2) is 0 Å². The van der Waals surface area contributed by atoms with Crippen molar-refractivity contribution in [2.45, 2.75) is 25.8 Å². The molecular weight excluding hydrogens is 353 g/mol. The van der Waals surface area contributed by atoms with E-state index in [4.69, 9.17) is 9.15 Å². The highest BCUT2D eigenvalue weighted by atomic mass is 32.1. The van der Waals surface area contributed by atoms with Crippen LogP contribution in [-0.2, 0) is 24.4 Å². The minimum atomic E-state index is -0.620. The van der Waals surface area contributed by atoms with Gasteiger partial charge in [-0.05, 0) is 41.3 Å². The van der Waals surface area contributed by atoms with Gasteiger partial charge in [0.2, 0.25) is 0 Å². The molecule has 0 bridgehead atoms. The minimum absolute atomic E-state index is 0.227. The SMILES string of the molecule is OC(COCc1ccco1)CN(Cc1ccc(F)cc1)Cc1cccs1. The number of aliphatic hydroxyl groups excluding tert-OH is 1. The molecule has 0 saturated carbocycles. The normalized spacial score (nSPS) is 12.6. The first-order valence-corrected chi connectivity index (χ1v) is 9.34. The topological polar surface area (TPSA) is 45.8 Å². The Morgan fingerprint density at radius 1 is 1.12 bits per heavy atom. The van der Waals surface area contributed by atoms with E-state index in [0.717, 1.165) is 17.9 Å². The number of benzene rings is 1. The van der Waals surface area contributed by atoms with Crippen LogP contribution in [0.3, 0.4) is 0 Å². The summed E-state index contributed by atoms with van der Waals surface area (Å²) in [4.78, 5) is 3.36. The van der Waals surface area contributed by atoms with Crippen LogP contribution >= 0.6 is 11.3 Å². The summed E-state index contributed by atoms with van der Waals surface area (Å²) in [5.74, 6) is 0.490. The van der Waals surface area contributed by atoms with Gasteiger partial charge in [0, 0.05) is 24.5 Å². The third-order valence-corrected chi connectivity index (χ3v) is 4.74. The average molecular weight is 375 g/mol. The summed E-state index contributed by atoms with van der Waals surface area (Å²) in [6, 6.07) is 14.2. The van der Waals surface area contributed by atoms with Gasteiger partial charge in [-0.25, -0.2) is 4.39 Å². The van der Waals surface area contributed by atoms with Crippen molar-refractivity contribution in [3.8, 4) is 0 Å². The Kier molecular flexibility index (Phi) is 6.96. The number of rotatable bonds is 10. The van der Waals surface area contributed by atoms with Crippen LogP contribution in [0, 0.1) is 5.82 Å². The van der Waals surface area contributed by atoms with Crippen molar-refractivity contribution < 1.29 is 18.7 Å². The van der Waals surface area contributed by atoms with Crippen molar-refractivity contribution >= 4 is 11.3 Å². The highest BCUT2D eigenvalue weighted by molar-refractivity contribution is 7.09. The van der Waals surface area contributed by atoms with Gasteiger partial charge in [-0.1, -0.05) is 18.2 Å². The summed E-state index contributed by atoms with van der Waals surface area (Å²) in [7, 11) is 0. The van der Waals surface area contributed by atoms with Gasteiger partial charge in [0.05, 0.1) is 19.0 Å². The largest absolute Gasteiger partial charge is 0.467 e. The number of nitrogens with zero attached hydrogens (tertiary/aromatic N) is 1. The zero-order valence-electron chi connectivity index (χ0n) is 14.4. The first-order chi connectivity index (χ1) is 12.7. The molecule has 0 amide bonds. The van der Waals surface area contributed by atoms with Crippen LogP contribution in [0.1, 0.15) is 16.2 Å². The van der Waals surface area contributed by atoms with E-state index in [2.05, 4.69) is 11.0 Å². The molecule has 0 aliphatic heterocycles. The molecule has 26 heavy (non-hydrogen) atoms. The minimum Gasteiger partial charge on any atom is -0.467 e. The summed E-state index contributed by atoms with van der Waals surface area (Å²) in [6.45, 7) is 2.39. The maximum absolute atomic E-state index is 13.1. The number of aliphatic hydroxyl groups is 1. The van der Waals surface area contributed by atoms with E-state index in [1.54, 1.807) is 35.8 Å². The molecular formula is C20H22FNO3S. The second-order valence-electron chi connectivity index (χ2n) is 6.12. The van der Waals surface area contributed by atoms with Crippen LogP contribution in [0.15, 0.2) is 64.6 Å². The van der Waals surface area contributed by atoms with E-state index in [1.165, 1.54) is 17.0 Å². The van der Waals surface area contributed by atoms with E-state index < -0.39 is 6.10 Å². The summed E-state index contributed by atoms with van der Waals surface area (Å²) in [5, 5.41) is 12.4. The molecule has 1 N–H and O–H groups in total. The molecule has 0 aliphatic rings. The molecule has 0 fully saturated rings. The molecule has 0 aliphatic carbocycles. The second-order valence-corrected chi connectivity index (χ2v) is 7.16. The van der Waals surface area contributed by atoms with Gasteiger partial charge >= 0.3 is 0 Å². The Labute approximate surface area is 156 Å². The Hall–Kier alpha value is -1.99. The lowest BCUT2D eigenvalue weighted by atomic mass is 10.2. The number of thiophene rings is 1. The van der Waals surface area contributed by atoms with Crippen molar-refractivity contribution in [3.63, 3.8) is 0 Å². The first kappa shape index (κ1) is 18.8. The number of ether oxygens (including phenoxy) is 1. The molecule has 1 atom stereocenters. The fourth-order valence-electron chi connectivity index (χ4n) is 2.70. The predicted molar refractivity (Wildman–Crippen MR) is 99.2 cm³/mol. The first-order valence-electron chi connectivity index (χ1n) is 8.46. The molecule has 0 spiro atoms. The van der Waals surface area contributed by atoms with E-state index >= 15 is 0 Å². The van der Waals surface area contributed by atoms with E-state index in [1.807, 2.05) is 17.5 Å². The standard InChI is InChI=1S/C20H22FNO3S/c21-17-7-5-16(6-8-17)11-22(13-20-4-2-10-26-20)12-18(23)14-24-15-19-3-1-9-25-19/h1-10,18,23H,11-15H2. The fourth-order valence-corrected chi connectivity index (χ4v) is 3.44. The quantitative estimate of drug-likeness (QED) is 0.580. The lowest BCUT2D eigenvalue weighted by Crippen LogP contribution is -2.34. The van der Waals surface area contributed by atoms with Crippen molar-refractivity contribution in [1.82, 2.24) is 4.90 Å². The predicted octanol–water partition coefficient (Wildman–Crippen LogP) is 4.06. The third kappa shape index (κ3) is 6.07. The molecule has 1 unspecified atom stereocenters. The van der Waals surface area contributed by atoms with Gasteiger partial charge in [-0.3, -0.25) is 4.90 Å². The summed E-state index contributed by atoms with van der Waals surface area (Å²) in [5.41, 5.74) is 1.01. The lowest BCUT2D eigenvalue weighted by Gasteiger charge is -2.24. The molecule has 138 valence electrons. The van der Waals surface area contributed by atoms with E-state index in [0.29, 0.717) is 19.7 Å². The molecule has 0 saturated heterocycles. The van der Waals surface area contributed by atoms with Gasteiger partial charge < -0.3 is 14.3 Å². The number of halogens is 1. The zero-order chi connectivity index (χ0) is 18.2. The van der Waals surface area contributed by atoms with Gasteiger partial charge in [0.25, 0.3) is 0 Å². The Balaban J connectivity index is 1.54. The fraction of sp³-hybridized carbons (Fsp3) is 0.300. The third-order valence-electron chi connectivity index (χ3n) is 3.88. The maximum atomic E-state index is 13.1. The molecule has 3 rings (SSSR count). The van der Waals surface area contributed by atoms with Crippen LogP contribution < -0.4 is 0 Å². The van der Waals surface area contributed by atoms with E-state index in [-0.39, 0.29) is 12.4 Å².